The highest BCUT2D eigenvalue weighted by molar-refractivity contribution is 5.71. The number of alkyl carbamates (subject to hydrolysis) is 1. The molecule has 0 aliphatic heterocycles. The molecular formula is C11H16N2O4. The van der Waals surface area contributed by atoms with Crippen molar-refractivity contribution in [1.29, 1.82) is 0 Å². The average molecular weight is 240 g/mol. The van der Waals surface area contributed by atoms with Crippen molar-refractivity contribution in [2.24, 2.45) is 0 Å². The number of hydrogen-bond donors (Lipinski definition) is 1. The third-order valence-electron chi connectivity index (χ3n) is 1.96. The number of carbonyl (C=O) groups excluding carboxylic acids is 1. The molecule has 0 saturated carbocycles. The Balaban J connectivity index is 2.68. The third-order valence-corrected chi connectivity index (χ3v) is 1.96. The summed E-state index contributed by atoms with van der Waals surface area (Å²) in [4.78, 5) is 21.7. The highest BCUT2D eigenvalue weighted by Crippen LogP contribution is 2.17. The van der Waals surface area contributed by atoms with E-state index in [1.807, 2.05) is 0 Å². The molecule has 0 bridgehead atoms. The van der Waals surface area contributed by atoms with E-state index in [4.69, 9.17) is 4.74 Å². The molecule has 1 amide bonds. The van der Waals surface area contributed by atoms with Gasteiger partial charge in [0, 0.05) is 0 Å². The lowest BCUT2D eigenvalue weighted by Crippen LogP contribution is -2.33. The molecule has 0 unspecified atom stereocenters. The first-order valence-corrected chi connectivity index (χ1v) is 5.34. The quantitative estimate of drug-likeness (QED) is 0.593. The zero-order chi connectivity index (χ0) is 13.1. The van der Waals surface area contributed by atoms with Crippen LogP contribution in [-0.2, 0) is 4.74 Å². The average Bonchev–Trinajstić information content (AvgIpc) is 2.14. The van der Waals surface area contributed by atoms with Gasteiger partial charge in [0.15, 0.2) is 0 Å². The van der Waals surface area contributed by atoms with Crippen LogP contribution in [0.15, 0.2) is 23.5 Å². The van der Waals surface area contributed by atoms with Gasteiger partial charge in [-0.05, 0) is 39.7 Å². The lowest BCUT2D eigenvalue weighted by atomic mass is 10.1. The molecule has 6 nitrogen and oxygen atoms in total. The fourth-order valence-corrected chi connectivity index (χ4v) is 1.36. The van der Waals surface area contributed by atoms with Crippen molar-refractivity contribution in [1.82, 2.24) is 5.32 Å². The summed E-state index contributed by atoms with van der Waals surface area (Å²) in [6, 6.07) is 0. The smallest absolute Gasteiger partial charge is 0.412 e. The predicted molar refractivity (Wildman–Crippen MR) is 61.8 cm³/mol. The van der Waals surface area contributed by atoms with Crippen LogP contribution in [0.3, 0.4) is 0 Å². The van der Waals surface area contributed by atoms with Crippen molar-refractivity contribution in [3.8, 4) is 0 Å². The van der Waals surface area contributed by atoms with E-state index in [0.717, 1.165) is 0 Å². The summed E-state index contributed by atoms with van der Waals surface area (Å²) >= 11 is 0. The van der Waals surface area contributed by atoms with Gasteiger partial charge in [0.2, 0.25) is 0 Å². The summed E-state index contributed by atoms with van der Waals surface area (Å²) in [7, 11) is 0. The van der Waals surface area contributed by atoms with E-state index in [2.05, 4.69) is 5.32 Å². The highest BCUT2D eigenvalue weighted by atomic mass is 16.6. The Morgan fingerprint density at radius 2 is 2.00 bits per heavy atom. The van der Waals surface area contributed by atoms with Crippen molar-refractivity contribution in [3.63, 3.8) is 0 Å². The topological polar surface area (TPSA) is 81.5 Å². The van der Waals surface area contributed by atoms with Gasteiger partial charge < -0.3 is 4.74 Å². The first-order chi connectivity index (χ1) is 7.79. The van der Waals surface area contributed by atoms with Crippen LogP contribution in [-0.4, -0.2) is 16.6 Å². The summed E-state index contributed by atoms with van der Waals surface area (Å²) in [5, 5.41) is 13.1. The number of nitrogens with zero attached hydrogens (tertiary/aromatic N) is 1. The molecule has 0 radical (unpaired) electrons. The maximum atomic E-state index is 11.5. The number of hydrogen-bond acceptors (Lipinski definition) is 4. The zero-order valence-corrected chi connectivity index (χ0v) is 10.1. The normalized spacial score (nSPS) is 15.7. The van der Waals surface area contributed by atoms with Crippen LogP contribution in [0.5, 0.6) is 0 Å². The molecule has 17 heavy (non-hydrogen) atoms. The van der Waals surface area contributed by atoms with Crippen LogP contribution in [0.2, 0.25) is 0 Å². The summed E-state index contributed by atoms with van der Waals surface area (Å²) in [5.74, 6) is 0. The number of rotatable bonds is 2. The maximum Gasteiger partial charge on any atom is 0.412 e. The van der Waals surface area contributed by atoms with Crippen LogP contribution in [0.25, 0.3) is 0 Å². The number of carbonyl (C=O) groups is 1. The van der Waals surface area contributed by atoms with Crippen LogP contribution >= 0.6 is 0 Å². The predicted octanol–water partition coefficient (Wildman–Crippen LogP) is 2.35. The molecule has 0 fully saturated rings. The summed E-state index contributed by atoms with van der Waals surface area (Å²) in [6.45, 7) is 5.18. The van der Waals surface area contributed by atoms with Gasteiger partial charge in [-0.3, -0.25) is 15.4 Å². The van der Waals surface area contributed by atoms with Crippen LogP contribution in [0.4, 0.5) is 4.79 Å². The Labute approximate surface area is 99.5 Å². The van der Waals surface area contributed by atoms with Crippen molar-refractivity contribution in [2.75, 3.05) is 0 Å². The largest absolute Gasteiger partial charge is 0.444 e. The second kappa shape index (κ2) is 4.99. The van der Waals surface area contributed by atoms with Crippen molar-refractivity contribution in [3.05, 3.63) is 33.7 Å². The van der Waals surface area contributed by atoms with Crippen molar-refractivity contribution < 1.29 is 14.5 Å². The molecule has 1 aliphatic carbocycles. The van der Waals surface area contributed by atoms with Gasteiger partial charge in [0.05, 0.1) is 4.92 Å². The molecule has 0 saturated heterocycles. The maximum absolute atomic E-state index is 11.5. The minimum Gasteiger partial charge on any atom is -0.444 e. The fraction of sp³-hybridized carbons (Fsp3) is 0.545. The lowest BCUT2D eigenvalue weighted by molar-refractivity contribution is -0.421. The second-order valence-electron chi connectivity index (χ2n) is 4.67. The summed E-state index contributed by atoms with van der Waals surface area (Å²) in [6.07, 6.45) is 3.71. The Morgan fingerprint density at radius 3 is 2.53 bits per heavy atom. The second-order valence-corrected chi connectivity index (χ2v) is 4.67. The van der Waals surface area contributed by atoms with Crippen molar-refractivity contribution >= 4 is 6.09 Å². The van der Waals surface area contributed by atoms with E-state index < -0.39 is 16.6 Å². The number of ether oxygens (including phenoxy) is 1. The number of amides is 1. The monoisotopic (exact) mass is 240 g/mol. The number of allylic oxidation sites excluding steroid dienone is 2. The van der Waals surface area contributed by atoms with Gasteiger partial charge in [0.1, 0.15) is 11.3 Å². The van der Waals surface area contributed by atoms with Gasteiger partial charge in [-0.15, -0.1) is 0 Å². The van der Waals surface area contributed by atoms with E-state index in [1.54, 1.807) is 26.8 Å². The van der Waals surface area contributed by atoms with Gasteiger partial charge in [-0.25, -0.2) is 4.79 Å². The van der Waals surface area contributed by atoms with Crippen molar-refractivity contribution in [2.45, 2.75) is 39.2 Å². The third kappa shape index (κ3) is 4.26. The standard InChI is InChI=1S/C11H16N2O4/c1-11(2,3)17-10(14)12-8-6-4-5-7-9(8)13(15)16/h6-7H,4-5H2,1-3H3,(H,12,14). The first-order valence-electron chi connectivity index (χ1n) is 5.34. The first kappa shape index (κ1) is 13.2. The molecule has 6 heteroatoms. The summed E-state index contributed by atoms with van der Waals surface area (Å²) < 4.78 is 5.03. The molecule has 94 valence electrons. The summed E-state index contributed by atoms with van der Waals surface area (Å²) in [5.41, 5.74) is -0.504. The Kier molecular flexibility index (Phi) is 3.88. The molecule has 0 spiro atoms. The molecule has 0 aromatic carbocycles. The minimum atomic E-state index is -0.682. The molecule has 0 heterocycles. The van der Waals surface area contributed by atoms with E-state index in [-0.39, 0.29) is 11.4 Å². The molecule has 0 aromatic rings. The SMILES string of the molecule is CC(C)(C)OC(=O)NC1=CCCC=C1[N+](=O)[O-]. The number of nitrogens with one attached hydrogen (secondary N) is 1. The number of nitro groups is 1. The van der Waals surface area contributed by atoms with Gasteiger partial charge >= 0.3 is 6.09 Å². The molecular weight excluding hydrogens is 224 g/mol. The molecule has 1 aliphatic rings. The zero-order valence-electron chi connectivity index (χ0n) is 10.1. The van der Waals surface area contributed by atoms with E-state index in [9.17, 15) is 14.9 Å². The molecule has 1 N–H and O–H groups in total. The van der Waals surface area contributed by atoms with Gasteiger partial charge in [-0.2, -0.15) is 0 Å². The molecule has 0 atom stereocenters. The Morgan fingerprint density at radius 1 is 1.41 bits per heavy atom. The Bertz CT molecular complexity index is 391. The van der Waals surface area contributed by atoms with Gasteiger partial charge in [-0.1, -0.05) is 6.08 Å². The van der Waals surface area contributed by atoms with Gasteiger partial charge in [0.25, 0.3) is 5.70 Å². The molecule has 0 aromatic heterocycles. The molecule has 1 rings (SSSR count). The van der Waals surface area contributed by atoms with E-state index >= 15 is 0 Å². The lowest BCUT2D eigenvalue weighted by Gasteiger charge is -2.20. The van der Waals surface area contributed by atoms with Crippen LogP contribution in [0, 0.1) is 10.1 Å². The minimum absolute atomic E-state index is 0.0814. The van der Waals surface area contributed by atoms with Crippen LogP contribution < -0.4 is 5.32 Å². The van der Waals surface area contributed by atoms with E-state index in [0.29, 0.717) is 12.8 Å². The highest BCUT2D eigenvalue weighted by Gasteiger charge is 2.24. The van der Waals surface area contributed by atoms with E-state index in [1.165, 1.54) is 6.08 Å². The fourth-order valence-electron chi connectivity index (χ4n) is 1.36. The Hall–Kier alpha value is -1.85. The van der Waals surface area contributed by atoms with Crippen LogP contribution in [0.1, 0.15) is 33.6 Å².